The molecule has 3 atom stereocenters. The highest BCUT2D eigenvalue weighted by molar-refractivity contribution is 5.09. The molecule has 0 aromatic carbocycles. The van der Waals surface area contributed by atoms with E-state index in [9.17, 15) is 0 Å². The van der Waals surface area contributed by atoms with Crippen molar-refractivity contribution in [3.63, 3.8) is 0 Å². The SMILES string of the molecule is CCCCCCCCCCCCCCC1CC2C=CC1C2. The van der Waals surface area contributed by atoms with Gasteiger partial charge >= 0.3 is 0 Å². The van der Waals surface area contributed by atoms with E-state index in [0.29, 0.717) is 0 Å². The van der Waals surface area contributed by atoms with Gasteiger partial charge < -0.3 is 0 Å². The summed E-state index contributed by atoms with van der Waals surface area (Å²) in [5, 5.41) is 0. The van der Waals surface area contributed by atoms with Crippen molar-refractivity contribution in [1.29, 1.82) is 0 Å². The van der Waals surface area contributed by atoms with Gasteiger partial charge in [0.05, 0.1) is 0 Å². The van der Waals surface area contributed by atoms with Gasteiger partial charge in [-0.2, -0.15) is 0 Å². The molecular weight excluding hydrogens is 252 g/mol. The molecular formula is C21H38. The second kappa shape index (κ2) is 10.5. The smallest absolute Gasteiger partial charge is 0.0199 e. The van der Waals surface area contributed by atoms with Crippen LogP contribution in [0.5, 0.6) is 0 Å². The minimum absolute atomic E-state index is 0.970. The Morgan fingerprint density at radius 1 is 0.667 bits per heavy atom. The molecule has 0 aliphatic heterocycles. The van der Waals surface area contributed by atoms with E-state index in [1.165, 1.54) is 96.3 Å². The molecule has 2 aliphatic rings. The lowest BCUT2D eigenvalue weighted by molar-refractivity contribution is 0.393. The van der Waals surface area contributed by atoms with Crippen molar-refractivity contribution >= 4 is 0 Å². The number of unbranched alkanes of at least 4 members (excludes halogenated alkanes) is 11. The first kappa shape index (κ1) is 17.1. The second-order valence-corrected chi connectivity index (χ2v) is 7.72. The zero-order valence-corrected chi connectivity index (χ0v) is 14.5. The van der Waals surface area contributed by atoms with Crippen LogP contribution in [0.15, 0.2) is 12.2 Å². The maximum Gasteiger partial charge on any atom is -0.0199 e. The average Bonchev–Trinajstić information content (AvgIpc) is 3.11. The van der Waals surface area contributed by atoms with E-state index in [4.69, 9.17) is 0 Å². The minimum Gasteiger partial charge on any atom is -0.0851 e. The maximum atomic E-state index is 2.51. The van der Waals surface area contributed by atoms with Gasteiger partial charge in [-0.1, -0.05) is 96.1 Å². The summed E-state index contributed by atoms with van der Waals surface area (Å²) in [7, 11) is 0. The van der Waals surface area contributed by atoms with Gasteiger partial charge in [-0.25, -0.2) is 0 Å². The lowest BCUT2D eigenvalue weighted by Crippen LogP contribution is -2.06. The van der Waals surface area contributed by atoms with Crippen molar-refractivity contribution in [1.82, 2.24) is 0 Å². The van der Waals surface area contributed by atoms with Gasteiger partial charge in [-0.15, -0.1) is 0 Å². The maximum absolute atomic E-state index is 2.51. The third kappa shape index (κ3) is 6.57. The zero-order valence-electron chi connectivity index (χ0n) is 14.5. The predicted octanol–water partition coefficient (Wildman–Crippen LogP) is 7.29. The van der Waals surface area contributed by atoms with Gasteiger partial charge in [0.2, 0.25) is 0 Å². The summed E-state index contributed by atoms with van der Waals surface area (Å²) in [6.07, 6.45) is 27.2. The molecule has 122 valence electrons. The molecule has 2 aliphatic carbocycles. The van der Waals surface area contributed by atoms with Crippen molar-refractivity contribution in [2.75, 3.05) is 0 Å². The Morgan fingerprint density at radius 3 is 1.71 bits per heavy atom. The molecule has 1 saturated carbocycles. The van der Waals surface area contributed by atoms with Crippen molar-refractivity contribution in [2.45, 2.75) is 103 Å². The predicted molar refractivity (Wildman–Crippen MR) is 94.5 cm³/mol. The van der Waals surface area contributed by atoms with E-state index in [-0.39, 0.29) is 0 Å². The highest BCUT2D eigenvalue weighted by atomic mass is 14.4. The number of hydrogen-bond donors (Lipinski definition) is 0. The molecule has 1 fully saturated rings. The average molecular weight is 291 g/mol. The highest BCUT2D eigenvalue weighted by Crippen LogP contribution is 2.45. The standard InChI is InChI=1S/C21H38/c1-2-3-4-5-6-7-8-9-10-11-12-13-14-20-17-19-15-16-21(20)18-19/h15-16,19-21H,2-14,17-18H2,1H3. The van der Waals surface area contributed by atoms with Gasteiger partial charge in [0.1, 0.15) is 0 Å². The summed E-state index contributed by atoms with van der Waals surface area (Å²) in [6, 6.07) is 0. The van der Waals surface area contributed by atoms with Crippen LogP contribution in [-0.4, -0.2) is 0 Å². The number of rotatable bonds is 13. The van der Waals surface area contributed by atoms with Crippen LogP contribution < -0.4 is 0 Å². The first-order valence-electron chi connectivity index (χ1n) is 10.1. The van der Waals surface area contributed by atoms with Gasteiger partial charge in [0, 0.05) is 0 Å². The van der Waals surface area contributed by atoms with E-state index in [1.807, 2.05) is 0 Å². The summed E-state index contributed by atoms with van der Waals surface area (Å²) in [5.74, 6) is 3.00. The number of fused-ring (bicyclic) bond motifs is 2. The summed E-state index contributed by atoms with van der Waals surface area (Å²) in [6.45, 7) is 2.30. The number of hydrogen-bond acceptors (Lipinski definition) is 0. The third-order valence-corrected chi connectivity index (χ3v) is 5.84. The second-order valence-electron chi connectivity index (χ2n) is 7.72. The topological polar surface area (TPSA) is 0 Å². The fraction of sp³-hybridized carbons (Fsp3) is 0.905. The summed E-state index contributed by atoms with van der Waals surface area (Å²) in [5.41, 5.74) is 0. The normalized spacial score (nSPS) is 26.8. The summed E-state index contributed by atoms with van der Waals surface area (Å²) in [4.78, 5) is 0. The summed E-state index contributed by atoms with van der Waals surface area (Å²) < 4.78 is 0. The molecule has 0 nitrogen and oxygen atoms in total. The molecule has 0 spiro atoms. The highest BCUT2D eigenvalue weighted by Gasteiger charge is 2.34. The van der Waals surface area contributed by atoms with Gasteiger partial charge in [0.15, 0.2) is 0 Å². The largest absolute Gasteiger partial charge is 0.0851 e. The molecule has 0 heteroatoms. The summed E-state index contributed by atoms with van der Waals surface area (Å²) >= 11 is 0. The van der Waals surface area contributed by atoms with Crippen LogP contribution in [0.3, 0.4) is 0 Å². The first-order chi connectivity index (χ1) is 10.4. The van der Waals surface area contributed by atoms with Gasteiger partial charge in [-0.05, 0) is 37.0 Å². The monoisotopic (exact) mass is 290 g/mol. The molecule has 0 saturated heterocycles. The van der Waals surface area contributed by atoms with Crippen LogP contribution in [0, 0.1) is 17.8 Å². The molecule has 3 unspecified atom stereocenters. The first-order valence-corrected chi connectivity index (χ1v) is 10.1. The quantitative estimate of drug-likeness (QED) is 0.247. The van der Waals surface area contributed by atoms with Crippen molar-refractivity contribution in [3.05, 3.63) is 12.2 Å². The Hall–Kier alpha value is -0.260. The molecule has 0 N–H and O–H groups in total. The lowest BCUT2D eigenvalue weighted by Gasteiger charge is -2.17. The van der Waals surface area contributed by atoms with Crippen LogP contribution in [-0.2, 0) is 0 Å². The molecule has 0 radical (unpaired) electrons. The molecule has 0 aromatic rings. The third-order valence-electron chi connectivity index (χ3n) is 5.84. The fourth-order valence-corrected chi connectivity index (χ4v) is 4.47. The van der Waals surface area contributed by atoms with Crippen molar-refractivity contribution in [2.24, 2.45) is 17.8 Å². The van der Waals surface area contributed by atoms with E-state index < -0.39 is 0 Å². The van der Waals surface area contributed by atoms with Crippen molar-refractivity contribution in [3.8, 4) is 0 Å². The Balaban J connectivity index is 1.29. The zero-order chi connectivity index (χ0) is 14.8. The van der Waals surface area contributed by atoms with Crippen LogP contribution in [0.1, 0.15) is 103 Å². The molecule has 0 heterocycles. The van der Waals surface area contributed by atoms with Crippen LogP contribution >= 0.6 is 0 Å². The Bertz CT molecular complexity index is 278. The van der Waals surface area contributed by atoms with Crippen LogP contribution in [0.2, 0.25) is 0 Å². The Labute approximate surface area is 133 Å². The fourth-order valence-electron chi connectivity index (χ4n) is 4.47. The van der Waals surface area contributed by atoms with E-state index in [0.717, 1.165) is 17.8 Å². The molecule has 2 bridgehead atoms. The molecule has 0 aromatic heterocycles. The Kier molecular flexibility index (Phi) is 8.52. The molecule has 21 heavy (non-hydrogen) atoms. The van der Waals surface area contributed by atoms with E-state index in [1.54, 1.807) is 0 Å². The Morgan fingerprint density at radius 2 is 1.24 bits per heavy atom. The van der Waals surface area contributed by atoms with Gasteiger partial charge in [0.25, 0.3) is 0 Å². The van der Waals surface area contributed by atoms with Crippen LogP contribution in [0.25, 0.3) is 0 Å². The van der Waals surface area contributed by atoms with E-state index in [2.05, 4.69) is 19.1 Å². The van der Waals surface area contributed by atoms with Crippen LogP contribution in [0.4, 0.5) is 0 Å². The molecule has 0 amide bonds. The molecule has 2 rings (SSSR count). The lowest BCUT2D eigenvalue weighted by atomic mass is 9.88. The van der Waals surface area contributed by atoms with E-state index >= 15 is 0 Å². The minimum atomic E-state index is 0.970. The van der Waals surface area contributed by atoms with Gasteiger partial charge in [-0.3, -0.25) is 0 Å². The number of allylic oxidation sites excluding steroid dienone is 2. The van der Waals surface area contributed by atoms with Crippen molar-refractivity contribution < 1.29 is 0 Å².